The molecule has 0 aliphatic carbocycles. The zero-order valence-electron chi connectivity index (χ0n) is 16.1. The van der Waals surface area contributed by atoms with Crippen molar-refractivity contribution in [3.8, 4) is 11.1 Å². The van der Waals surface area contributed by atoms with E-state index in [1.165, 1.54) is 6.20 Å². The Labute approximate surface area is 183 Å². The number of carbonyl (C=O) groups is 1. The van der Waals surface area contributed by atoms with Crippen molar-refractivity contribution in [2.45, 2.75) is 25.1 Å². The number of rotatable bonds is 3. The van der Waals surface area contributed by atoms with Crippen LogP contribution in [0.5, 0.6) is 0 Å². The Morgan fingerprint density at radius 3 is 2.61 bits per heavy atom. The number of nitrogens with zero attached hydrogens (tertiary/aromatic N) is 2. The van der Waals surface area contributed by atoms with E-state index in [-0.39, 0.29) is 17.6 Å². The van der Waals surface area contributed by atoms with Crippen molar-refractivity contribution < 1.29 is 22.7 Å². The highest BCUT2D eigenvalue weighted by Crippen LogP contribution is 2.33. The maximum atomic E-state index is 13.3. The first-order chi connectivity index (χ1) is 14.8. The number of nitrogens with one attached hydrogen (secondary N) is 1. The average Bonchev–Trinajstić information content (AvgIpc) is 2.76. The number of pyridine rings is 1. The Bertz CT molecular complexity index is 1190. The van der Waals surface area contributed by atoms with E-state index >= 15 is 0 Å². The van der Waals surface area contributed by atoms with Crippen LogP contribution in [0, 0.1) is 0 Å². The van der Waals surface area contributed by atoms with Crippen LogP contribution in [0.3, 0.4) is 0 Å². The molecule has 0 radical (unpaired) electrons. The third-order valence-electron chi connectivity index (χ3n) is 5.02. The van der Waals surface area contributed by atoms with E-state index in [0.717, 1.165) is 17.2 Å². The van der Waals surface area contributed by atoms with Gasteiger partial charge in [0.2, 0.25) is 0 Å². The lowest BCUT2D eigenvalue weighted by Crippen LogP contribution is -2.40. The summed E-state index contributed by atoms with van der Waals surface area (Å²) in [5.41, 5.74) is -0.984. The molecule has 2 aromatic heterocycles. The first kappa shape index (κ1) is 21.5. The van der Waals surface area contributed by atoms with Crippen LogP contribution in [0.4, 0.5) is 13.2 Å². The van der Waals surface area contributed by atoms with Gasteiger partial charge in [0, 0.05) is 23.9 Å². The van der Waals surface area contributed by atoms with Crippen molar-refractivity contribution in [1.82, 2.24) is 14.7 Å². The van der Waals surface area contributed by atoms with Gasteiger partial charge in [-0.05, 0) is 58.6 Å². The fourth-order valence-corrected chi connectivity index (χ4v) is 3.98. The number of benzene rings is 1. The number of hydrogen-bond donors (Lipinski definition) is 1. The van der Waals surface area contributed by atoms with E-state index in [9.17, 15) is 22.8 Å². The van der Waals surface area contributed by atoms with Crippen LogP contribution in [0.1, 0.15) is 28.9 Å². The highest BCUT2D eigenvalue weighted by Gasteiger charge is 2.37. The molecule has 0 spiro atoms. The van der Waals surface area contributed by atoms with Gasteiger partial charge in [-0.25, -0.2) is 4.98 Å². The molecule has 1 atom stereocenters. The quantitative estimate of drug-likeness (QED) is 0.594. The van der Waals surface area contributed by atoms with Gasteiger partial charge in [0.1, 0.15) is 10.1 Å². The Balaban J connectivity index is 1.69. The predicted octanol–water partition coefficient (Wildman–Crippen LogP) is 4.05. The lowest BCUT2D eigenvalue weighted by Gasteiger charge is -2.23. The summed E-state index contributed by atoms with van der Waals surface area (Å²) in [5, 5.41) is 2.91. The van der Waals surface area contributed by atoms with Gasteiger partial charge in [-0.2, -0.15) is 13.2 Å². The summed E-state index contributed by atoms with van der Waals surface area (Å²) in [4.78, 5) is 28.6. The van der Waals surface area contributed by atoms with Gasteiger partial charge in [-0.1, -0.05) is 12.1 Å². The topological polar surface area (TPSA) is 72.7 Å². The molecule has 3 aromatic rings. The van der Waals surface area contributed by atoms with Crippen molar-refractivity contribution in [3.05, 3.63) is 68.7 Å². The lowest BCUT2D eigenvalue weighted by molar-refractivity contribution is -0.141. The van der Waals surface area contributed by atoms with Gasteiger partial charge in [0.05, 0.1) is 12.6 Å². The summed E-state index contributed by atoms with van der Waals surface area (Å²) in [5.74, 6) is -0.252. The van der Waals surface area contributed by atoms with Crippen LogP contribution in [0.2, 0.25) is 0 Å². The molecule has 31 heavy (non-hydrogen) atoms. The van der Waals surface area contributed by atoms with E-state index in [0.29, 0.717) is 29.9 Å². The summed E-state index contributed by atoms with van der Waals surface area (Å²) in [6.45, 7) is 1.16. The van der Waals surface area contributed by atoms with E-state index in [4.69, 9.17) is 4.74 Å². The van der Waals surface area contributed by atoms with E-state index in [1.807, 2.05) is 0 Å². The van der Waals surface area contributed by atoms with Crippen LogP contribution in [-0.4, -0.2) is 34.5 Å². The number of fused-ring (bicyclic) bond motifs is 1. The first-order valence-electron chi connectivity index (χ1n) is 9.53. The summed E-state index contributed by atoms with van der Waals surface area (Å²) in [7, 11) is 0. The minimum atomic E-state index is -4.79. The molecular weight excluding hydrogens is 479 g/mol. The minimum absolute atomic E-state index is 0.0469. The van der Waals surface area contributed by atoms with Crippen molar-refractivity contribution in [2.24, 2.45) is 0 Å². The summed E-state index contributed by atoms with van der Waals surface area (Å²) in [6.07, 6.45) is -1.71. The second-order valence-electron chi connectivity index (χ2n) is 7.16. The first-order valence-corrected chi connectivity index (χ1v) is 10.3. The number of hydrogen-bond acceptors (Lipinski definition) is 4. The van der Waals surface area contributed by atoms with E-state index < -0.39 is 21.9 Å². The standard InChI is InChI=1S/C21H17BrF3N3O3/c22-16-17(21(23,24)25)27-18-15(4-1-9-28(18)20(16)30)12-5-7-13(8-6-12)19(29)26-14-3-2-10-31-11-14/h1,4-9,14H,2-3,10-11H2,(H,26,29)/t14-/m0/s1. The molecule has 1 amide bonds. The van der Waals surface area contributed by atoms with Crippen molar-refractivity contribution >= 4 is 27.5 Å². The molecule has 10 heteroatoms. The van der Waals surface area contributed by atoms with Gasteiger partial charge in [0.25, 0.3) is 11.5 Å². The molecule has 1 aliphatic rings. The monoisotopic (exact) mass is 495 g/mol. The Hall–Kier alpha value is -2.72. The predicted molar refractivity (Wildman–Crippen MR) is 111 cm³/mol. The molecule has 162 valence electrons. The molecule has 1 aromatic carbocycles. The van der Waals surface area contributed by atoms with Gasteiger partial charge in [0.15, 0.2) is 5.69 Å². The Kier molecular flexibility index (Phi) is 5.85. The SMILES string of the molecule is O=C(N[C@H]1CCCOC1)c1ccc(-c2cccn3c(=O)c(Br)c(C(F)(F)F)nc23)cc1. The fraction of sp³-hybridized carbons (Fsp3) is 0.286. The molecule has 0 unspecified atom stereocenters. The van der Waals surface area contributed by atoms with Gasteiger partial charge >= 0.3 is 6.18 Å². The maximum absolute atomic E-state index is 13.3. The van der Waals surface area contributed by atoms with Crippen molar-refractivity contribution in [2.75, 3.05) is 13.2 Å². The third-order valence-corrected chi connectivity index (χ3v) is 5.74. The number of carbonyl (C=O) groups excluding carboxylic acids is 1. The van der Waals surface area contributed by atoms with Crippen molar-refractivity contribution in [1.29, 1.82) is 0 Å². The van der Waals surface area contributed by atoms with Crippen LogP contribution < -0.4 is 10.9 Å². The Morgan fingerprint density at radius 1 is 1.23 bits per heavy atom. The molecule has 6 nitrogen and oxygen atoms in total. The number of amides is 1. The molecule has 4 rings (SSSR count). The van der Waals surface area contributed by atoms with E-state index in [1.54, 1.807) is 36.4 Å². The van der Waals surface area contributed by atoms with Gasteiger partial charge in [-0.15, -0.1) is 0 Å². The second-order valence-corrected chi connectivity index (χ2v) is 7.95. The molecule has 3 heterocycles. The van der Waals surface area contributed by atoms with Crippen LogP contribution >= 0.6 is 15.9 Å². The lowest BCUT2D eigenvalue weighted by atomic mass is 10.0. The fourth-order valence-electron chi connectivity index (χ4n) is 3.48. The van der Waals surface area contributed by atoms with Crippen LogP contribution in [-0.2, 0) is 10.9 Å². The second kappa shape index (κ2) is 8.43. The number of aromatic nitrogens is 2. The van der Waals surface area contributed by atoms with Crippen molar-refractivity contribution in [3.63, 3.8) is 0 Å². The molecule has 0 bridgehead atoms. The van der Waals surface area contributed by atoms with Gasteiger partial charge in [-0.3, -0.25) is 14.0 Å². The molecule has 1 saturated heterocycles. The summed E-state index contributed by atoms with van der Waals surface area (Å²) in [6, 6.07) is 9.47. The molecule has 0 saturated carbocycles. The summed E-state index contributed by atoms with van der Waals surface area (Å²) < 4.78 is 45.8. The third kappa shape index (κ3) is 4.35. The van der Waals surface area contributed by atoms with Crippen LogP contribution in [0.25, 0.3) is 16.8 Å². The highest BCUT2D eigenvalue weighted by atomic mass is 79.9. The molecule has 1 N–H and O–H groups in total. The Morgan fingerprint density at radius 2 is 1.97 bits per heavy atom. The number of alkyl halides is 3. The zero-order chi connectivity index (χ0) is 22.2. The smallest absolute Gasteiger partial charge is 0.379 e. The maximum Gasteiger partial charge on any atom is 0.434 e. The molecule has 1 aliphatic heterocycles. The zero-order valence-corrected chi connectivity index (χ0v) is 17.7. The summed E-state index contributed by atoms with van der Waals surface area (Å²) >= 11 is 2.71. The van der Waals surface area contributed by atoms with E-state index in [2.05, 4.69) is 26.2 Å². The van der Waals surface area contributed by atoms with Gasteiger partial charge < -0.3 is 10.1 Å². The normalized spacial score (nSPS) is 17.0. The molecule has 1 fully saturated rings. The highest BCUT2D eigenvalue weighted by molar-refractivity contribution is 9.10. The number of ether oxygens (including phenoxy) is 1. The minimum Gasteiger partial charge on any atom is -0.379 e. The number of halogens is 4. The molecular formula is C21H17BrF3N3O3. The largest absolute Gasteiger partial charge is 0.434 e. The van der Waals surface area contributed by atoms with Crippen LogP contribution in [0.15, 0.2) is 51.9 Å². The average molecular weight is 496 g/mol.